The maximum Gasteiger partial charge on any atom is 0.182 e. The van der Waals surface area contributed by atoms with Crippen LogP contribution in [0.2, 0.25) is 5.02 Å². The van der Waals surface area contributed by atoms with Crippen LogP contribution >= 0.6 is 27.5 Å². The van der Waals surface area contributed by atoms with Crippen LogP contribution in [0.1, 0.15) is 10.4 Å². The minimum Gasteiger partial charge on any atom is -0.340 e. The Morgan fingerprint density at radius 1 is 1.15 bits per heavy atom. The molecule has 0 aliphatic carbocycles. The lowest BCUT2D eigenvalue weighted by Gasteiger charge is -2.05. The molecule has 3 aromatic rings. The highest BCUT2D eigenvalue weighted by Crippen LogP contribution is 2.21. The number of benzene rings is 2. The molecule has 0 N–H and O–H groups in total. The van der Waals surface area contributed by atoms with Crippen molar-refractivity contribution >= 4 is 44.2 Å². The van der Waals surface area contributed by atoms with Crippen molar-refractivity contribution in [3.05, 3.63) is 69.8 Å². The van der Waals surface area contributed by atoms with Crippen LogP contribution in [0.25, 0.3) is 10.9 Å². The van der Waals surface area contributed by atoms with E-state index in [1.54, 1.807) is 0 Å². The number of rotatable bonds is 3. The maximum atomic E-state index is 12.3. The lowest BCUT2D eigenvalue weighted by Crippen LogP contribution is -2.09. The van der Waals surface area contributed by atoms with Gasteiger partial charge in [-0.25, -0.2) is 0 Å². The van der Waals surface area contributed by atoms with Crippen LogP contribution in [0.3, 0.4) is 0 Å². The Morgan fingerprint density at radius 3 is 2.80 bits per heavy atom. The van der Waals surface area contributed by atoms with Gasteiger partial charge in [0.15, 0.2) is 5.78 Å². The van der Waals surface area contributed by atoms with Gasteiger partial charge in [-0.15, -0.1) is 0 Å². The quantitative estimate of drug-likeness (QED) is 0.614. The molecule has 4 heteroatoms. The Morgan fingerprint density at radius 2 is 2.00 bits per heavy atom. The number of hydrogen-bond donors (Lipinski definition) is 0. The molecule has 0 radical (unpaired) electrons. The first-order valence-corrected chi connectivity index (χ1v) is 7.34. The zero-order valence-electron chi connectivity index (χ0n) is 10.5. The number of ketones is 1. The monoisotopic (exact) mass is 347 g/mol. The Balaban J connectivity index is 1.91. The van der Waals surface area contributed by atoms with E-state index in [2.05, 4.69) is 15.9 Å². The van der Waals surface area contributed by atoms with Gasteiger partial charge in [-0.1, -0.05) is 39.7 Å². The molecule has 2 nitrogen and oxygen atoms in total. The summed E-state index contributed by atoms with van der Waals surface area (Å²) in [5.74, 6) is 0.0822. The molecular formula is C16H11BrClNO. The summed E-state index contributed by atoms with van der Waals surface area (Å²) in [5, 5.41) is 1.74. The second-order valence-corrected chi connectivity index (χ2v) is 5.93. The van der Waals surface area contributed by atoms with E-state index in [0.29, 0.717) is 17.1 Å². The van der Waals surface area contributed by atoms with Crippen LogP contribution in [-0.2, 0) is 6.54 Å². The van der Waals surface area contributed by atoms with E-state index in [4.69, 9.17) is 11.6 Å². The van der Waals surface area contributed by atoms with Crippen molar-refractivity contribution in [1.29, 1.82) is 0 Å². The van der Waals surface area contributed by atoms with E-state index < -0.39 is 0 Å². The molecule has 0 amide bonds. The van der Waals surface area contributed by atoms with Crippen LogP contribution in [0.15, 0.2) is 59.2 Å². The summed E-state index contributed by atoms with van der Waals surface area (Å²) in [7, 11) is 0. The minimum absolute atomic E-state index is 0.0822. The second-order valence-electron chi connectivity index (χ2n) is 4.58. The first-order valence-electron chi connectivity index (χ1n) is 6.17. The Bertz CT molecular complexity index is 794. The molecular weight excluding hydrogens is 338 g/mol. The highest BCUT2D eigenvalue weighted by atomic mass is 79.9. The standard InChI is InChI=1S/C16H11BrClNO/c17-13-3-1-2-12(8-13)16(20)10-19-7-6-11-9-14(18)4-5-15(11)19/h1-9H,10H2. The number of halogens is 2. The lowest BCUT2D eigenvalue weighted by molar-refractivity contribution is 0.0973. The molecule has 20 heavy (non-hydrogen) atoms. The van der Waals surface area contributed by atoms with Gasteiger partial charge in [-0.05, 0) is 36.4 Å². The lowest BCUT2D eigenvalue weighted by atomic mass is 10.1. The van der Waals surface area contributed by atoms with Crippen molar-refractivity contribution < 1.29 is 4.79 Å². The van der Waals surface area contributed by atoms with E-state index in [-0.39, 0.29) is 5.78 Å². The zero-order chi connectivity index (χ0) is 14.1. The predicted octanol–water partition coefficient (Wildman–Crippen LogP) is 4.94. The number of aromatic nitrogens is 1. The Kier molecular flexibility index (Phi) is 3.64. The summed E-state index contributed by atoms with van der Waals surface area (Å²) in [6.07, 6.45) is 1.91. The molecule has 0 spiro atoms. The first-order chi connectivity index (χ1) is 9.63. The third-order valence-corrected chi connectivity index (χ3v) is 3.92. The third-order valence-electron chi connectivity index (χ3n) is 3.19. The first kappa shape index (κ1) is 13.4. The van der Waals surface area contributed by atoms with E-state index in [1.807, 2.05) is 59.3 Å². The van der Waals surface area contributed by atoms with Gasteiger partial charge < -0.3 is 4.57 Å². The summed E-state index contributed by atoms with van der Waals surface area (Å²) in [5.41, 5.74) is 1.72. The fourth-order valence-electron chi connectivity index (χ4n) is 2.22. The highest BCUT2D eigenvalue weighted by molar-refractivity contribution is 9.10. The number of fused-ring (bicyclic) bond motifs is 1. The molecule has 1 aromatic heterocycles. The van der Waals surface area contributed by atoms with Crippen molar-refractivity contribution in [2.45, 2.75) is 6.54 Å². The van der Waals surface area contributed by atoms with E-state index in [0.717, 1.165) is 15.4 Å². The van der Waals surface area contributed by atoms with Crippen LogP contribution < -0.4 is 0 Å². The van der Waals surface area contributed by atoms with Crippen LogP contribution in [0, 0.1) is 0 Å². The molecule has 0 saturated heterocycles. The largest absolute Gasteiger partial charge is 0.340 e. The average molecular weight is 349 g/mol. The van der Waals surface area contributed by atoms with Crippen molar-refractivity contribution in [1.82, 2.24) is 4.57 Å². The molecule has 0 bridgehead atoms. The average Bonchev–Trinajstić information content (AvgIpc) is 2.81. The van der Waals surface area contributed by atoms with Gasteiger partial charge in [0, 0.05) is 32.2 Å². The van der Waals surface area contributed by atoms with Crippen molar-refractivity contribution in [3.63, 3.8) is 0 Å². The molecule has 0 aliphatic rings. The van der Waals surface area contributed by atoms with Gasteiger partial charge in [-0.2, -0.15) is 0 Å². The molecule has 0 aliphatic heterocycles. The fraction of sp³-hybridized carbons (Fsp3) is 0.0625. The van der Waals surface area contributed by atoms with Gasteiger partial charge in [0.25, 0.3) is 0 Å². The fourth-order valence-corrected chi connectivity index (χ4v) is 2.80. The van der Waals surface area contributed by atoms with Gasteiger partial charge in [-0.3, -0.25) is 4.79 Å². The van der Waals surface area contributed by atoms with E-state index >= 15 is 0 Å². The highest BCUT2D eigenvalue weighted by Gasteiger charge is 2.09. The molecule has 3 rings (SSSR count). The van der Waals surface area contributed by atoms with Gasteiger partial charge >= 0.3 is 0 Å². The number of carbonyl (C=O) groups excluding carboxylic acids is 1. The van der Waals surface area contributed by atoms with Crippen LogP contribution in [-0.4, -0.2) is 10.4 Å². The SMILES string of the molecule is O=C(Cn1ccc2cc(Cl)ccc21)c1cccc(Br)c1. The minimum atomic E-state index is 0.0822. The number of nitrogens with zero attached hydrogens (tertiary/aromatic N) is 1. The molecule has 0 atom stereocenters. The summed E-state index contributed by atoms with van der Waals surface area (Å²) in [6, 6.07) is 15.1. The normalized spacial score (nSPS) is 10.9. The topological polar surface area (TPSA) is 22.0 Å². The van der Waals surface area contributed by atoms with Crippen molar-refractivity contribution in [2.75, 3.05) is 0 Å². The second kappa shape index (κ2) is 5.43. The van der Waals surface area contributed by atoms with Crippen molar-refractivity contribution in [3.8, 4) is 0 Å². The van der Waals surface area contributed by atoms with E-state index in [9.17, 15) is 4.79 Å². The summed E-state index contributed by atoms with van der Waals surface area (Å²) in [4.78, 5) is 12.3. The predicted molar refractivity (Wildman–Crippen MR) is 85.4 cm³/mol. The molecule has 2 aromatic carbocycles. The Labute approximate surface area is 130 Å². The Hall–Kier alpha value is -1.58. The van der Waals surface area contributed by atoms with Crippen LogP contribution in [0.4, 0.5) is 0 Å². The van der Waals surface area contributed by atoms with Gasteiger partial charge in [0.05, 0.1) is 6.54 Å². The van der Waals surface area contributed by atoms with Crippen LogP contribution in [0.5, 0.6) is 0 Å². The molecule has 0 saturated carbocycles. The smallest absolute Gasteiger partial charge is 0.182 e. The molecule has 0 unspecified atom stereocenters. The summed E-state index contributed by atoms with van der Waals surface area (Å²) in [6.45, 7) is 0.321. The third kappa shape index (κ3) is 2.65. The van der Waals surface area contributed by atoms with E-state index in [1.165, 1.54) is 0 Å². The van der Waals surface area contributed by atoms with Gasteiger partial charge in [0.2, 0.25) is 0 Å². The number of hydrogen-bond acceptors (Lipinski definition) is 1. The number of Topliss-reactive ketones (excluding diaryl/α,β-unsaturated/α-hetero) is 1. The molecule has 1 heterocycles. The summed E-state index contributed by atoms with van der Waals surface area (Å²) >= 11 is 9.35. The molecule has 100 valence electrons. The molecule has 0 fully saturated rings. The maximum absolute atomic E-state index is 12.3. The van der Waals surface area contributed by atoms with Gasteiger partial charge in [0.1, 0.15) is 0 Å². The number of carbonyl (C=O) groups is 1. The zero-order valence-corrected chi connectivity index (χ0v) is 12.9. The summed E-state index contributed by atoms with van der Waals surface area (Å²) < 4.78 is 2.85. The van der Waals surface area contributed by atoms with Crippen molar-refractivity contribution in [2.24, 2.45) is 0 Å².